The number of ether oxygens (including phenoxy) is 2. The zero-order valence-electron chi connectivity index (χ0n) is 8.91. The van der Waals surface area contributed by atoms with Gasteiger partial charge in [-0.3, -0.25) is 4.79 Å². The predicted octanol–water partition coefficient (Wildman–Crippen LogP) is 0.707. The zero-order valence-corrected chi connectivity index (χ0v) is 8.91. The minimum Gasteiger partial charge on any atom is -0.469 e. The van der Waals surface area contributed by atoms with Crippen LogP contribution >= 0.6 is 0 Å². The Kier molecular flexibility index (Phi) is 4.90. The molecule has 14 heavy (non-hydrogen) atoms. The summed E-state index contributed by atoms with van der Waals surface area (Å²) in [6.45, 7) is 3.51. The summed E-state index contributed by atoms with van der Waals surface area (Å²) in [6, 6.07) is 0.524. The van der Waals surface area contributed by atoms with Gasteiger partial charge in [0.25, 0.3) is 0 Å². The molecule has 0 heterocycles. The number of methoxy groups -OCH3 is 1. The van der Waals surface area contributed by atoms with Crippen molar-refractivity contribution >= 4 is 5.97 Å². The van der Waals surface area contributed by atoms with Crippen molar-refractivity contribution in [1.82, 2.24) is 5.32 Å². The summed E-state index contributed by atoms with van der Waals surface area (Å²) < 4.78 is 9.96. The molecule has 0 saturated heterocycles. The van der Waals surface area contributed by atoms with Crippen molar-refractivity contribution in [3.63, 3.8) is 0 Å². The van der Waals surface area contributed by atoms with Gasteiger partial charge in [-0.2, -0.15) is 0 Å². The summed E-state index contributed by atoms with van der Waals surface area (Å²) in [6.07, 6.45) is 3.01. The van der Waals surface area contributed by atoms with E-state index >= 15 is 0 Å². The van der Waals surface area contributed by atoms with Gasteiger partial charge in [0.15, 0.2) is 0 Å². The maximum absolute atomic E-state index is 10.8. The van der Waals surface area contributed by atoms with Crippen LogP contribution in [0.1, 0.15) is 26.2 Å². The molecule has 82 valence electrons. The fraction of sp³-hybridized carbons (Fsp3) is 0.900. The lowest BCUT2D eigenvalue weighted by Crippen LogP contribution is -2.46. The summed E-state index contributed by atoms with van der Waals surface area (Å²) in [5, 5.41) is 3.29. The van der Waals surface area contributed by atoms with E-state index in [-0.39, 0.29) is 5.97 Å². The molecule has 1 fully saturated rings. The van der Waals surface area contributed by atoms with Gasteiger partial charge in [0.1, 0.15) is 0 Å². The Morgan fingerprint density at radius 1 is 1.50 bits per heavy atom. The van der Waals surface area contributed by atoms with Crippen LogP contribution in [-0.4, -0.2) is 38.4 Å². The van der Waals surface area contributed by atoms with Crippen molar-refractivity contribution in [3.8, 4) is 0 Å². The van der Waals surface area contributed by atoms with E-state index in [4.69, 9.17) is 4.74 Å². The summed E-state index contributed by atoms with van der Waals surface area (Å²) in [5.41, 5.74) is 0. The number of carbonyl (C=O) groups is 1. The molecule has 0 amide bonds. The lowest BCUT2D eigenvalue weighted by molar-refractivity contribution is -0.140. The van der Waals surface area contributed by atoms with Crippen molar-refractivity contribution in [2.45, 2.75) is 38.3 Å². The van der Waals surface area contributed by atoms with Gasteiger partial charge in [-0.25, -0.2) is 0 Å². The van der Waals surface area contributed by atoms with E-state index in [0.717, 1.165) is 19.4 Å². The quantitative estimate of drug-likeness (QED) is 0.643. The molecule has 0 aromatic rings. The first-order valence-electron chi connectivity index (χ1n) is 5.18. The van der Waals surface area contributed by atoms with Gasteiger partial charge >= 0.3 is 5.97 Å². The second-order valence-corrected chi connectivity index (χ2v) is 3.53. The van der Waals surface area contributed by atoms with Crippen LogP contribution in [-0.2, 0) is 14.3 Å². The van der Waals surface area contributed by atoms with Crippen molar-refractivity contribution in [2.24, 2.45) is 0 Å². The molecule has 0 aromatic heterocycles. The third-order valence-corrected chi connectivity index (χ3v) is 2.49. The third kappa shape index (κ3) is 3.64. The van der Waals surface area contributed by atoms with Crippen LogP contribution in [0.3, 0.4) is 0 Å². The molecule has 1 N–H and O–H groups in total. The number of hydrogen-bond acceptors (Lipinski definition) is 4. The molecule has 1 rings (SSSR count). The second kappa shape index (κ2) is 5.98. The molecule has 4 heteroatoms. The topological polar surface area (TPSA) is 47.6 Å². The molecule has 0 bridgehead atoms. The molecular formula is C10H19NO3. The monoisotopic (exact) mass is 201 g/mol. The maximum atomic E-state index is 10.8. The Labute approximate surface area is 85.0 Å². The van der Waals surface area contributed by atoms with E-state index in [1.54, 1.807) is 0 Å². The number of carbonyl (C=O) groups excluding carboxylic acids is 1. The molecule has 1 saturated carbocycles. The summed E-state index contributed by atoms with van der Waals surface area (Å²) in [4.78, 5) is 10.8. The van der Waals surface area contributed by atoms with Crippen LogP contribution in [0.2, 0.25) is 0 Å². The summed E-state index contributed by atoms with van der Waals surface area (Å²) in [5.74, 6) is -0.154. The highest BCUT2D eigenvalue weighted by atomic mass is 16.5. The number of nitrogens with one attached hydrogen (secondary N) is 1. The molecule has 0 atom stereocenters. The van der Waals surface area contributed by atoms with Gasteiger partial charge < -0.3 is 14.8 Å². The normalized spacial score (nSPS) is 25.6. The van der Waals surface area contributed by atoms with E-state index in [0.29, 0.717) is 25.1 Å². The molecule has 0 spiro atoms. The molecule has 0 aromatic carbocycles. The molecular weight excluding hydrogens is 182 g/mol. The minimum atomic E-state index is -0.154. The van der Waals surface area contributed by atoms with Gasteiger partial charge in [0.05, 0.1) is 19.6 Å². The van der Waals surface area contributed by atoms with Crippen LogP contribution in [0, 0.1) is 0 Å². The molecule has 0 radical (unpaired) electrons. The maximum Gasteiger partial charge on any atom is 0.306 e. The second-order valence-electron chi connectivity index (χ2n) is 3.53. The average Bonchev–Trinajstić information content (AvgIpc) is 2.13. The van der Waals surface area contributed by atoms with Crippen molar-refractivity contribution in [3.05, 3.63) is 0 Å². The Hall–Kier alpha value is -0.610. The van der Waals surface area contributed by atoms with Gasteiger partial charge in [-0.1, -0.05) is 0 Å². The first-order chi connectivity index (χ1) is 6.76. The summed E-state index contributed by atoms with van der Waals surface area (Å²) in [7, 11) is 1.41. The number of rotatable bonds is 6. The van der Waals surface area contributed by atoms with E-state index in [2.05, 4.69) is 10.1 Å². The smallest absolute Gasteiger partial charge is 0.306 e. The highest BCUT2D eigenvalue weighted by Crippen LogP contribution is 2.22. The lowest BCUT2D eigenvalue weighted by Gasteiger charge is -2.35. The Bertz CT molecular complexity index is 178. The highest BCUT2D eigenvalue weighted by Gasteiger charge is 2.28. The Balaban J connectivity index is 1.93. The van der Waals surface area contributed by atoms with Crippen molar-refractivity contribution < 1.29 is 14.3 Å². The molecule has 1 aliphatic carbocycles. The Morgan fingerprint density at radius 2 is 2.21 bits per heavy atom. The summed E-state index contributed by atoms with van der Waals surface area (Å²) >= 11 is 0. The molecule has 0 unspecified atom stereocenters. The van der Waals surface area contributed by atoms with Crippen LogP contribution in [0.25, 0.3) is 0 Å². The molecule has 4 nitrogen and oxygen atoms in total. The standard InChI is InChI=1S/C10H19NO3/c1-3-14-9-6-8(7-9)11-5-4-10(12)13-2/h8-9,11H,3-7H2,1-2H3. The zero-order chi connectivity index (χ0) is 10.4. The first kappa shape index (κ1) is 11.5. The fourth-order valence-electron chi connectivity index (χ4n) is 1.58. The van der Waals surface area contributed by atoms with E-state index in [1.165, 1.54) is 7.11 Å². The SMILES string of the molecule is CCOC1CC(NCCC(=O)OC)C1. The van der Waals surface area contributed by atoms with E-state index in [9.17, 15) is 4.79 Å². The highest BCUT2D eigenvalue weighted by molar-refractivity contribution is 5.69. The lowest BCUT2D eigenvalue weighted by atomic mass is 9.89. The number of esters is 1. The largest absolute Gasteiger partial charge is 0.469 e. The third-order valence-electron chi connectivity index (χ3n) is 2.49. The van der Waals surface area contributed by atoms with Crippen LogP contribution in [0.5, 0.6) is 0 Å². The molecule has 1 aliphatic rings. The van der Waals surface area contributed by atoms with Crippen LogP contribution in [0.4, 0.5) is 0 Å². The average molecular weight is 201 g/mol. The first-order valence-corrected chi connectivity index (χ1v) is 5.18. The van der Waals surface area contributed by atoms with Crippen molar-refractivity contribution in [2.75, 3.05) is 20.3 Å². The van der Waals surface area contributed by atoms with Gasteiger partial charge in [-0.15, -0.1) is 0 Å². The van der Waals surface area contributed by atoms with Crippen molar-refractivity contribution in [1.29, 1.82) is 0 Å². The van der Waals surface area contributed by atoms with E-state index in [1.807, 2.05) is 6.92 Å². The Morgan fingerprint density at radius 3 is 2.79 bits per heavy atom. The minimum absolute atomic E-state index is 0.154. The van der Waals surface area contributed by atoms with Gasteiger partial charge in [0, 0.05) is 19.2 Å². The number of hydrogen-bond donors (Lipinski definition) is 1. The molecule has 0 aliphatic heterocycles. The fourth-order valence-corrected chi connectivity index (χ4v) is 1.58. The van der Waals surface area contributed by atoms with Gasteiger partial charge in [0.2, 0.25) is 0 Å². The van der Waals surface area contributed by atoms with Crippen LogP contribution < -0.4 is 5.32 Å². The van der Waals surface area contributed by atoms with E-state index < -0.39 is 0 Å². The predicted molar refractivity (Wildman–Crippen MR) is 53.1 cm³/mol. The van der Waals surface area contributed by atoms with Gasteiger partial charge in [-0.05, 0) is 19.8 Å². The van der Waals surface area contributed by atoms with Crippen LogP contribution in [0.15, 0.2) is 0 Å².